The molecule has 1 heterocycles. The van der Waals surface area contributed by atoms with E-state index in [1.165, 1.54) is 0 Å². The third kappa shape index (κ3) is 5.23. The molecule has 8 heteroatoms. The van der Waals surface area contributed by atoms with Crippen molar-refractivity contribution in [2.75, 3.05) is 50.7 Å². The van der Waals surface area contributed by atoms with Gasteiger partial charge in [0.2, 0.25) is 11.9 Å². The standard InChI is InChI=1S/C11H21N5O3/c1-3-7-19-11-14-9(12)13-10(15-11)16(4-6-17)5-8-18-2/h17H,3-8H2,1-2H3,(H2,12,13,14,15). The number of aliphatic hydroxyl groups excluding tert-OH is 1. The van der Waals surface area contributed by atoms with Gasteiger partial charge in [0.25, 0.3) is 0 Å². The predicted octanol–water partition coefficient (Wildman–Crippen LogP) is -0.312. The Morgan fingerprint density at radius 3 is 2.63 bits per heavy atom. The van der Waals surface area contributed by atoms with Gasteiger partial charge >= 0.3 is 6.01 Å². The van der Waals surface area contributed by atoms with E-state index in [4.69, 9.17) is 20.3 Å². The highest BCUT2D eigenvalue weighted by Gasteiger charge is 2.12. The lowest BCUT2D eigenvalue weighted by molar-refractivity contribution is 0.202. The second-order valence-corrected chi connectivity index (χ2v) is 3.83. The first kappa shape index (κ1) is 15.4. The van der Waals surface area contributed by atoms with E-state index in [2.05, 4.69) is 15.0 Å². The average Bonchev–Trinajstić information content (AvgIpc) is 2.40. The first-order valence-electron chi connectivity index (χ1n) is 6.20. The monoisotopic (exact) mass is 271 g/mol. The molecule has 0 aliphatic carbocycles. The molecule has 0 saturated carbocycles. The van der Waals surface area contributed by atoms with E-state index >= 15 is 0 Å². The van der Waals surface area contributed by atoms with Crippen molar-refractivity contribution in [3.63, 3.8) is 0 Å². The third-order valence-corrected chi connectivity index (χ3v) is 2.27. The molecule has 1 aromatic rings. The number of hydrogen-bond donors (Lipinski definition) is 2. The van der Waals surface area contributed by atoms with E-state index in [-0.39, 0.29) is 18.6 Å². The van der Waals surface area contributed by atoms with Crippen molar-refractivity contribution < 1.29 is 14.6 Å². The predicted molar refractivity (Wildman–Crippen MR) is 71.2 cm³/mol. The Labute approximate surface area is 112 Å². The maximum absolute atomic E-state index is 9.06. The molecule has 0 fully saturated rings. The number of anilines is 2. The molecule has 1 aromatic heterocycles. The Hall–Kier alpha value is -1.67. The van der Waals surface area contributed by atoms with Crippen LogP contribution in [0.4, 0.5) is 11.9 Å². The number of ether oxygens (including phenoxy) is 2. The van der Waals surface area contributed by atoms with Gasteiger partial charge in [0.05, 0.1) is 19.8 Å². The molecule has 0 aliphatic rings. The number of nitrogens with zero attached hydrogens (tertiary/aromatic N) is 4. The lowest BCUT2D eigenvalue weighted by atomic mass is 10.5. The normalized spacial score (nSPS) is 10.5. The highest BCUT2D eigenvalue weighted by Crippen LogP contribution is 2.13. The van der Waals surface area contributed by atoms with E-state index in [0.717, 1.165) is 6.42 Å². The second kappa shape index (κ2) is 8.44. The fourth-order valence-electron chi connectivity index (χ4n) is 1.39. The molecule has 0 spiro atoms. The number of hydrogen-bond acceptors (Lipinski definition) is 8. The summed E-state index contributed by atoms with van der Waals surface area (Å²) < 4.78 is 10.4. The fraction of sp³-hybridized carbons (Fsp3) is 0.727. The number of methoxy groups -OCH3 is 1. The van der Waals surface area contributed by atoms with E-state index in [9.17, 15) is 0 Å². The van der Waals surface area contributed by atoms with Crippen molar-refractivity contribution in [1.82, 2.24) is 15.0 Å². The van der Waals surface area contributed by atoms with Crippen LogP contribution in [0.3, 0.4) is 0 Å². The number of nitrogen functional groups attached to an aromatic ring is 1. The smallest absolute Gasteiger partial charge is 0.323 e. The molecule has 19 heavy (non-hydrogen) atoms. The zero-order chi connectivity index (χ0) is 14.1. The molecule has 8 nitrogen and oxygen atoms in total. The highest BCUT2D eigenvalue weighted by atomic mass is 16.5. The molecule has 0 aromatic carbocycles. The molecule has 0 atom stereocenters. The summed E-state index contributed by atoms with van der Waals surface area (Å²) in [4.78, 5) is 13.9. The Kier molecular flexibility index (Phi) is 6.83. The summed E-state index contributed by atoms with van der Waals surface area (Å²) in [5.41, 5.74) is 5.63. The highest BCUT2D eigenvalue weighted by molar-refractivity contribution is 5.35. The molecule has 0 radical (unpaired) electrons. The maximum atomic E-state index is 9.06. The SMILES string of the molecule is CCCOc1nc(N)nc(N(CCO)CCOC)n1. The molecule has 0 bridgehead atoms. The van der Waals surface area contributed by atoms with Crippen LogP contribution in [-0.2, 0) is 4.74 Å². The molecule has 0 unspecified atom stereocenters. The number of aromatic nitrogens is 3. The van der Waals surface area contributed by atoms with Crippen molar-refractivity contribution in [1.29, 1.82) is 0 Å². The quantitative estimate of drug-likeness (QED) is 0.629. The van der Waals surface area contributed by atoms with Gasteiger partial charge in [-0.3, -0.25) is 0 Å². The zero-order valence-electron chi connectivity index (χ0n) is 11.4. The minimum Gasteiger partial charge on any atom is -0.463 e. The summed E-state index contributed by atoms with van der Waals surface area (Å²) in [5.74, 6) is 0.473. The lowest BCUT2D eigenvalue weighted by Gasteiger charge is -2.21. The Bertz CT molecular complexity index is 377. The second-order valence-electron chi connectivity index (χ2n) is 3.83. The van der Waals surface area contributed by atoms with Crippen LogP contribution in [0.15, 0.2) is 0 Å². The molecule has 0 amide bonds. The summed E-state index contributed by atoms with van der Waals surface area (Å²) in [5, 5.41) is 9.06. The number of rotatable bonds is 9. The van der Waals surface area contributed by atoms with Crippen molar-refractivity contribution in [2.24, 2.45) is 0 Å². The van der Waals surface area contributed by atoms with Gasteiger partial charge in [0.1, 0.15) is 0 Å². The van der Waals surface area contributed by atoms with Gasteiger partial charge in [-0.15, -0.1) is 0 Å². The van der Waals surface area contributed by atoms with Crippen molar-refractivity contribution in [3.05, 3.63) is 0 Å². The summed E-state index contributed by atoms with van der Waals surface area (Å²) in [6.07, 6.45) is 0.852. The Morgan fingerprint density at radius 1 is 1.21 bits per heavy atom. The summed E-state index contributed by atoms with van der Waals surface area (Å²) in [6.45, 7) is 3.92. The molecular formula is C11H21N5O3. The van der Waals surface area contributed by atoms with Crippen LogP contribution < -0.4 is 15.4 Å². The van der Waals surface area contributed by atoms with Gasteiger partial charge < -0.3 is 25.2 Å². The fourth-order valence-corrected chi connectivity index (χ4v) is 1.39. The lowest BCUT2D eigenvalue weighted by Crippen LogP contribution is -2.32. The molecule has 0 aliphatic heterocycles. The minimum atomic E-state index is -0.0134. The van der Waals surface area contributed by atoms with Crippen LogP contribution in [0.25, 0.3) is 0 Å². The van der Waals surface area contributed by atoms with Crippen LogP contribution in [0.2, 0.25) is 0 Å². The van der Waals surface area contributed by atoms with E-state index in [1.54, 1.807) is 12.0 Å². The van der Waals surface area contributed by atoms with Crippen molar-refractivity contribution in [2.45, 2.75) is 13.3 Å². The molecule has 0 saturated heterocycles. The number of aliphatic hydroxyl groups is 1. The summed E-state index contributed by atoms with van der Waals surface area (Å²) in [7, 11) is 1.61. The Morgan fingerprint density at radius 2 is 2.00 bits per heavy atom. The van der Waals surface area contributed by atoms with Crippen LogP contribution in [-0.4, -0.2) is 60.1 Å². The van der Waals surface area contributed by atoms with Crippen LogP contribution in [0.1, 0.15) is 13.3 Å². The average molecular weight is 271 g/mol. The van der Waals surface area contributed by atoms with Gasteiger partial charge in [-0.05, 0) is 6.42 Å². The van der Waals surface area contributed by atoms with Gasteiger partial charge in [-0.25, -0.2) is 0 Å². The molecule has 1 rings (SSSR count). The van der Waals surface area contributed by atoms with Crippen LogP contribution in [0, 0.1) is 0 Å². The van der Waals surface area contributed by atoms with Crippen LogP contribution >= 0.6 is 0 Å². The van der Waals surface area contributed by atoms with Gasteiger partial charge in [0, 0.05) is 20.2 Å². The largest absolute Gasteiger partial charge is 0.463 e. The molecule has 3 N–H and O–H groups in total. The van der Waals surface area contributed by atoms with Gasteiger partial charge in [-0.2, -0.15) is 15.0 Å². The summed E-state index contributed by atoms with van der Waals surface area (Å²) >= 11 is 0. The van der Waals surface area contributed by atoms with Crippen molar-refractivity contribution in [3.8, 4) is 6.01 Å². The summed E-state index contributed by atoms with van der Waals surface area (Å²) in [6, 6.07) is 0.199. The number of nitrogens with two attached hydrogens (primary N) is 1. The zero-order valence-corrected chi connectivity index (χ0v) is 11.4. The minimum absolute atomic E-state index is 0.0134. The van der Waals surface area contributed by atoms with Crippen LogP contribution in [0.5, 0.6) is 6.01 Å². The third-order valence-electron chi connectivity index (χ3n) is 2.27. The van der Waals surface area contributed by atoms with E-state index in [1.807, 2.05) is 6.92 Å². The Balaban J connectivity index is 2.84. The first-order chi connectivity index (χ1) is 9.21. The maximum Gasteiger partial charge on any atom is 0.323 e. The topological polar surface area (TPSA) is 107 Å². The van der Waals surface area contributed by atoms with Gasteiger partial charge in [-0.1, -0.05) is 6.92 Å². The first-order valence-corrected chi connectivity index (χ1v) is 6.20. The van der Waals surface area contributed by atoms with Crippen molar-refractivity contribution >= 4 is 11.9 Å². The molecular weight excluding hydrogens is 250 g/mol. The van der Waals surface area contributed by atoms with Gasteiger partial charge in [0.15, 0.2) is 0 Å². The van der Waals surface area contributed by atoms with E-state index in [0.29, 0.717) is 32.3 Å². The molecule has 108 valence electrons. The van der Waals surface area contributed by atoms with E-state index < -0.39 is 0 Å².